The number of aryl methyl sites for hydroxylation is 2. The van der Waals surface area contributed by atoms with E-state index in [1.807, 2.05) is 4.68 Å². The van der Waals surface area contributed by atoms with Gasteiger partial charge in [0.05, 0.1) is 5.69 Å². The maximum Gasteiger partial charge on any atom is 0.169 e. The van der Waals surface area contributed by atoms with E-state index in [0.29, 0.717) is 5.82 Å². The number of anilines is 1. The van der Waals surface area contributed by atoms with Gasteiger partial charge >= 0.3 is 0 Å². The Morgan fingerprint density at radius 2 is 1.89 bits per heavy atom. The summed E-state index contributed by atoms with van der Waals surface area (Å²) in [5.74, 6) is 0.588. The first-order valence-electron chi connectivity index (χ1n) is 7.03. The number of nitrogens with zero attached hydrogens (tertiary/aromatic N) is 3. The van der Waals surface area contributed by atoms with Gasteiger partial charge in [0.15, 0.2) is 5.82 Å². The van der Waals surface area contributed by atoms with Crippen LogP contribution in [0.1, 0.15) is 37.4 Å². The standard InChI is InChI=1S/C15H22N4/c1-2-8-14-15(16)17-18-19(14)12-7-6-11-13-9-4-3-5-10-13/h3-5,9-10H,2,6-8,11-12,16H2,1H3. The Hall–Kier alpha value is -1.84. The lowest BCUT2D eigenvalue weighted by atomic mass is 10.1. The molecule has 0 bridgehead atoms. The van der Waals surface area contributed by atoms with Crippen LogP contribution in [-0.4, -0.2) is 15.0 Å². The number of rotatable bonds is 7. The minimum absolute atomic E-state index is 0.588. The molecule has 0 spiro atoms. The maximum absolute atomic E-state index is 5.83. The van der Waals surface area contributed by atoms with Crippen LogP contribution in [0.5, 0.6) is 0 Å². The van der Waals surface area contributed by atoms with Crippen molar-refractivity contribution in [2.45, 2.75) is 45.6 Å². The van der Waals surface area contributed by atoms with E-state index in [2.05, 4.69) is 47.6 Å². The summed E-state index contributed by atoms with van der Waals surface area (Å²) in [5, 5.41) is 8.08. The normalized spacial score (nSPS) is 10.8. The number of unbranched alkanes of at least 4 members (excludes halogenated alkanes) is 1. The van der Waals surface area contributed by atoms with Crippen molar-refractivity contribution in [1.29, 1.82) is 0 Å². The number of nitrogens with two attached hydrogens (primary N) is 1. The van der Waals surface area contributed by atoms with Crippen LogP contribution in [0.2, 0.25) is 0 Å². The highest BCUT2D eigenvalue weighted by molar-refractivity contribution is 5.32. The molecule has 0 fully saturated rings. The summed E-state index contributed by atoms with van der Waals surface area (Å²) in [6.07, 6.45) is 5.41. The van der Waals surface area contributed by atoms with Gasteiger partial charge in [-0.1, -0.05) is 48.9 Å². The SMILES string of the molecule is CCCc1c(N)nnn1CCCCc1ccccc1. The molecule has 4 nitrogen and oxygen atoms in total. The lowest BCUT2D eigenvalue weighted by Crippen LogP contribution is -2.06. The van der Waals surface area contributed by atoms with Crippen LogP contribution < -0.4 is 5.73 Å². The second kappa shape index (κ2) is 6.92. The predicted octanol–water partition coefficient (Wildman–Crippen LogP) is 2.84. The topological polar surface area (TPSA) is 56.7 Å². The average molecular weight is 258 g/mol. The van der Waals surface area contributed by atoms with Crippen molar-refractivity contribution in [3.05, 3.63) is 41.6 Å². The van der Waals surface area contributed by atoms with Gasteiger partial charge in [0.2, 0.25) is 0 Å². The molecule has 1 aromatic carbocycles. The van der Waals surface area contributed by atoms with Gasteiger partial charge in [-0.25, -0.2) is 4.68 Å². The fourth-order valence-corrected chi connectivity index (χ4v) is 2.26. The van der Waals surface area contributed by atoms with Crippen LogP contribution in [-0.2, 0) is 19.4 Å². The average Bonchev–Trinajstić information content (AvgIpc) is 2.78. The fourth-order valence-electron chi connectivity index (χ4n) is 2.26. The third-order valence-corrected chi connectivity index (χ3v) is 3.28. The van der Waals surface area contributed by atoms with Crippen molar-refractivity contribution >= 4 is 5.82 Å². The van der Waals surface area contributed by atoms with Crippen molar-refractivity contribution in [1.82, 2.24) is 15.0 Å². The Labute approximate surface area is 114 Å². The number of hydrogen-bond acceptors (Lipinski definition) is 3. The second-order valence-corrected chi connectivity index (χ2v) is 4.84. The van der Waals surface area contributed by atoms with Gasteiger partial charge in [0, 0.05) is 6.54 Å². The third kappa shape index (κ3) is 3.81. The first-order chi connectivity index (χ1) is 9.31. The number of aromatic nitrogens is 3. The Balaban J connectivity index is 1.80. The Morgan fingerprint density at radius 3 is 2.63 bits per heavy atom. The van der Waals surface area contributed by atoms with Gasteiger partial charge < -0.3 is 5.73 Å². The molecule has 0 aliphatic heterocycles. The van der Waals surface area contributed by atoms with Crippen LogP contribution >= 0.6 is 0 Å². The molecule has 0 aliphatic carbocycles. The van der Waals surface area contributed by atoms with Gasteiger partial charge in [-0.2, -0.15) is 0 Å². The van der Waals surface area contributed by atoms with Gasteiger partial charge in [0.1, 0.15) is 0 Å². The van der Waals surface area contributed by atoms with Crippen molar-refractivity contribution in [3.8, 4) is 0 Å². The van der Waals surface area contributed by atoms with E-state index < -0.39 is 0 Å². The van der Waals surface area contributed by atoms with Crippen LogP contribution in [0.15, 0.2) is 30.3 Å². The molecule has 0 aliphatic rings. The first-order valence-corrected chi connectivity index (χ1v) is 7.03. The smallest absolute Gasteiger partial charge is 0.169 e. The first kappa shape index (κ1) is 13.6. The molecule has 4 heteroatoms. The fraction of sp³-hybridized carbons (Fsp3) is 0.467. The van der Waals surface area contributed by atoms with E-state index in [0.717, 1.165) is 44.3 Å². The van der Waals surface area contributed by atoms with E-state index in [-0.39, 0.29) is 0 Å². The molecule has 1 aromatic heterocycles. The van der Waals surface area contributed by atoms with Gasteiger partial charge in [-0.05, 0) is 31.2 Å². The molecule has 0 saturated heterocycles. The van der Waals surface area contributed by atoms with Crippen LogP contribution in [0.3, 0.4) is 0 Å². The van der Waals surface area contributed by atoms with Gasteiger partial charge in [-0.3, -0.25) is 0 Å². The molecule has 0 amide bonds. The highest BCUT2D eigenvalue weighted by atomic mass is 15.4. The summed E-state index contributed by atoms with van der Waals surface area (Å²) in [6.45, 7) is 3.05. The van der Waals surface area contributed by atoms with Crippen LogP contribution in [0.4, 0.5) is 5.82 Å². The molecular weight excluding hydrogens is 236 g/mol. The third-order valence-electron chi connectivity index (χ3n) is 3.28. The lowest BCUT2D eigenvalue weighted by Gasteiger charge is -2.06. The number of nitrogen functional groups attached to an aromatic ring is 1. The Bertz CT molecular complexity index is 490. The zero-order valence-electron chi connectivity index (χ0n) is 11.5. The van der Waals surface area contributed by atoms with E-state index in [1.165, 1.54) is 5.56 Å². The van der Waals surface area contributed by atoms with E-state index in [4.69, 9.17) is 5.73 Å². The molecule has 0 radical (unpaired) electrons. The van der Waals surface area contributed by atoms with Crippen molar-refractivity contribution in [2.75, 3.05) is 5.73 Å². The molecule has 1 heterocycles. The molecule has 0 atom stereocenters. The van der Waals surface area contributed by atoms with Crippen molar-refractivity contribution < 1.29 is 0 Å². The predicted molar refractivity (Wildman–Crippen MR) is 77.8 cm³/mol. The maximum atomic E-state index is 5.83. The summed E-state index contributed by atoms with van der Waals surface area (Å²) in [5.41, 5.74) is 8.31. The summed E-state index contributed by atoms with van der Waals surface area (Å²) in [4.78, 5) is 0. The number of hydrogen-bond donors (Lipinski definition) is 1. The molecule has 2 aromatic rings. The van der Waals surface area contributed by atoms with Crippen molar-refractivity contribution in [3.63, 3.8) is 0 Å². The molecule has 2 rings (SSSR count). The van der Waals surface area contributed by atoms with E-state index in [1.54, 1.807) is 0 Å². The zero-order chi connectivity index (χ0) is 13.5. The second-order valence-electron chi connectivity index (χ2n) is 4.84. The van der Waals surface area contributed by atoms with Gasteiger partial charge in [-0.15, -0.1) is 5.10 Å². The number of benzene rings is 1. The van der Waals surface area contributed by atoms with Crippen LogP contribution in [0, 0.1) is 0 Å². The molecular formula is C15H22N4. The van der Waals surface area contributed by atoms with Gasteiger partial charge in [0.25, 0.3) is 0 Å². The van der Waals surface area contributed by atoms with Crippen molar-refractivity contribution in [2.24, 2.45) is 0 Å². The highest BCUT2D eigenvalue weighted by Crippen LogP contribution is 2.12. The highest BCUT2D eigenvalue weighted by Gasteiger charge is 2.08. The minimum Gasteiger partial charge on any atom is -0.381 e. The molecule has 102 valence electrons. The summed E-state index contributed by atoms with van der Waals surface area (Å²) in [6, 6.07) is 10.6. The molecule has 19 heavy (non-hydrogen) atoms. The quantitative estimate of drug-likeness (QED) is 0.777. The summed E-state index contributed by atoms with van der Waals surface area (Å²) < 4.78 is 1.96. The summed E-state index contributed by atoms with van der Waals surface area (Å²) >= 11 is 0. The Morgan fingerprint density at radius 1 is 1.11 bits per heavy atom. The molecule has 2 N–H and O–H groups in total. The zero-order valence-corrected chi connectivity index (χ0v) is 11.5. The largest absolute Gasteiger partial charge is 0.381 e. The van der Waals surface area contributed by atoms with Crippen LogP contribution in [0.25, 0.3) is 0 Å². The molecule has 0 saturated carbocycles. The van der Waals surface area contributed by atoms with E-state index >= 15 is 0 Å². The Kier molecular flexibility index (Phi) is 4.95. The lowest BCUT2D eigenvalue weighted by molar-refractivity contribution is 0.521. The summed E-state index contributed by atoms with van der Waals surface area (Å²) in [7, 11) is 0. The minimum atomic E-state index is 0.588. The van der Waals surface area contributed by atoms with E-state index in [9.17, 15) is 0 Å². The molecule has 0 unspecified atom stereocenters. The monoisotopic (exact) mass is 258 g/mol.